The van der Waals surface area contributed by atoms with Crippen LogP contribution in [0.4, 0.5) is 0 Å². The van der Waals surface area contributed by atoms with Crippen molar-refractivity contribution in [3.8, 4) is 17.6 Å². The lowest BCUT2D eigenvalue weighted by Gasteiger charge is -2.14. The summed E-state index contributed by atoms with van der Waals surface area (Å²) in [5.74, 6) is 7.85. The summed E-state index contributed by atoms with van der Waals surface area (Å²) in [5.41, 5.74) is 0.994. The fourth-order valence-corrected chi connectivity index (χ4v) is 2.33. The second kappa shape index (κ2) is 7.96. The van der Waals surface area contributed by atoms with Gasteiger partial charge in [-0.1, -0.05) is 50.7 Å². The third-order valence-electron chi connectivity index (χ3n) is 3.75. The normalized spacial score (nSPS) is 10.5. The second-order valence-electron chi connectivity index (χ2n) is 5.15. The summed E-state index contributed by atoms with van der Waals surface area (Å²) in [6.45, 7) is 5.21. The van der Waals surface area contributed by atoms with E-state index in [9.17, 15) is 0 Å². The third-order valence-corrected chi connectivity index (χ3v) is 3.89. The van der Waals surface area contributed by atoms with Gasteiger partial charge in [-0.15, -0.1) is 11.6 Å². The maximum Gasteiger partial charge on any atom is 0.119 e. The van der Waals surface area contributed by atoms with Gasteiger partial charge in [-0.05, 0) is 41.0 Å². The SMILES string of the molecule is CCC(CC)COc1ccc2cc(C#CCCl)ccc2c1. The first-order valence-electron chi connectivity index (χ1n) is 7.48. The van der Waals surface area contributed by atoms with Crippen LogP contribution >= 0.6 is 11.6 Å². The molecule has 0 amide bonds. The predicted molar refractivity (Wildman–Crippen MR) is 91.1 cm³/mol. The van der Waals surface area contributed by atoms with Crippen LogP contribution in [0, 0.1) is 17.8 Å². The van der Waals surface area contributed by atoms with E-state index >= 15 is 0 Å². The van der Waals surface area contributed by atoms with E-state index in [0.717, 1.165) is 30.8 Å². The van der Waals surface area contributed by atoms with Crippen LogP contribution < -0.4 is 4.74 Å². The van der Waals surface area contributed by atoms with Crippen molar-refractivity contribution in [2.45, 2.75) is 26.7 Å². The number of hydrogen-bond donors (Lipinski definition) is 0. The number of rotatable bonds is 5. The Morgan fingerprint density at radius 2 is 1.76 bits per heavy atom. The van der Waals surface area contributed by atoms with E-state index in [1.165, 1.54) is 10.8 Å². The number of alkyl halides is 1. The van der Waals surface area contributed by atoms with Gasteiger partial charge in [0, 0.05) is 5.56 Å². The number of fused-ring (bicyclic) bond motifs is 1. The van der Waals surface area contributed by atoms with Crippen molar-refractivity contribution < 1.29 is 4.74 Å². The van der Waals surface area contributed by atoms with Gasteiger partial charge in [0.25, 0.3) is 0 Å². The molecule has 0 unspecified atom stereocenters. The first-order valence-corrected chi connectivity index (χ1v) is 8.01. The maximum absolute atomic E-state index is 5.91. The fraction of sp³-hybridized carbons (Fsp3) is 0.368. The Morgan fingerprint density at radius 1 is 1.05 bits per heavy atom. The monoisotopic (exact) mass is 300 g/mol. The molecular formula is C19H21ClO. The van der Waals surface area contributed by atoms with Crippen LogP contribution in [0.25, 0.3) is 10.8 Å². The zero-order chi connectivity index (χ0) is 15.1. The van der Waals surface area contributed by atoms with E-state index < -0.39 is 0 Å². The lowest BCUT2D eigenvalue weighted by molar-refractivity contribution is 0.241. The Balaban J connectivity index is 2.15. The molecule has 0 saturated heterocycles. The molecule has 0 aliphatic carbocycles. The van der Waals surface area contributed by atoms with Crippen LogP contribution in [0.5, 0.6) is 5.75 Å². The highest BCUT2D eigenvalue weighted by Gasteiger charge is 2.05. The molecular weight excluding hydrogens is 280 g/mol. The predicted octanol–water partition coefficient (Wildman–Crippen LogP) is 5.25. The smallest absolute Gasteiger partial charge is 0.119 e. The highest BCUT2D eigenvalue weighted by Crippen LogP contribution is 2.23. The number of benzene rings is 2. The first-order chi connectivity index (χ1) is 10.3. The largest absolute Gasteiger partial charge is 0.493 e. The van der Waals surface area contributed by atoms with E-state index in [2.05, 4.69) is 50.0 Å². The van der Waals surface area contributed by atoms with E-state index in [-0.39, 0.29) is 0 Å². The van der Waals surface area contributed by atoms with Gasteiger partial charge in [0.05, 0.1) is 12.5 Å². The summed E-state index contributed by atoms with van der Waals surface area (Å²) in [7, 11) is 0. The lowest BCUT2D eigenvalue weighted by Crippen LogP contribution is -2.09. The number of halogens is 1. The van der Waals surface area contributed by atoms with Crippen LogP contribution in [-0.4, -0.2) is 12.5 Å². The highest BCUT2D eigenvalue weighted by atomic mass is 35.5. The summed E-state index contributed by atoms with van der Waals surface area (Å²) in [4.78, 5) is 0. The average Bonchev–Trinajstić information content (AvgIpc) is 2.53. The van der Waals surface area contributed by atoms with Crippen molar-refractivity contribution in [2.24, 2.45) is 5.92 Å². The molecule has 0 saturated carbocycles. The van der Waals surface area contributed by atoms with Crippen LogP contribution in [-0.2, 0) is 0 Å². The molecule has 0 bridgehead atoms. The minimum absolute atomic E-state index is 0.362. The Morgan fingerprint density at radius 3 is 2.48 bits per heavy atom. The topological polar surface area (TPSA) is 9.23 Å². The molecule has 0 aromatic heterocycles. The standard InChI is InChI=1S/C19H21ClO/c1-3-15(4-2)14-21-19-10-9-17-12-16(6-5-11-20)7-8-18(17)13-19/h7-10,12-13,15H,3-4,11,14H2,1-2H3. The van der Waals surface area contributed by atoms with Crippen molar-refractivity contribution in [3.05, 3.63) is 42.0 Å². The molecule has 2 aromatic carbocycles. The molecule has 0 radical (unpaired) electrons. The van der Waals surface area contributed by atoms with Crippen LogP contribution in [0.3, 0.4) is 0 Å². The van der Waals surface area contributed by atoms with Crippen LogP contribution in [0.15, 0.2) is 36.4 Å². The van der Waals surface area contributed by atoms with Gasteiger partial charge in [0.15, 0.2) is 0 Å². The molecule has 110 valence electrons. The molecule has 0 aliphatic heterocycles. The molecule has 0 spiro atoms. The summed E-state index contributed by atoms with van der Waals surface area (Å²) < 4.78 is 5.91. The van der Waals surface area contributed by atoms with Gasteiger partial charge >= 0.3 is 0 Å². The minimum atomic E-state index is 0.362. The molecule has 2 heteroatoms. The molecule has 1 nitrogen and oxygen atoms in total. The van der Waals surface area contributed by atoms with E-state index in [4.69, 9.17) is 16.3 Å². The maximum atomic E-state index is 5.91. The number of ether oxygens (including phenoxy) is 1. The Hall–Kier alpha value is -1.65. The molecule has 0 fully saturated rings. The molecule has 0 N–H and O–H groups in total. The molecule has 0 atom stereocenters. The Labute approximate surface area is 132 Å². The van der Waals surface area contributed by atoms with Crippen LogP contribution in [0.1, 0.15) is 32.3 Å². The van der Waals surface area contributed by atoms with E-state index in [1.54, 1.807) is 0 Å². The lowest BCUT2D eigenvalue weighted by atomic mass is 10.1. The van der Waals surface area contributed by atoms with Crippen molar-refractivity contribution in [1.29, 1.82) is 0 Å². The first kappa shape index (κ1) is 15.7. The fourth-order valence-electron chi connectivity index (χ4n) is 2.27. The molecule has 0 aliphatic rings. The van der Waals surface area contributed by atoms with Gasteiger partial charge in [-0.3, -0.25) is 0 Å². The summed E-state index contributed by atoms with van der Waals surface area (Å²) in [6.07, 6.45) is 2.32. The molecule has 0 heterocycles. The minimum Gasteiger partial charge on any atom is -0.493 e. The van der Waals surface area contributed by atoms with Crippen molar-refractivity contribution in [1.82, 2.24) is 0 Å². The average molecular weight is 301 g/mol. The van der Waals surface area contributed by atoms with E-state index in [0.29, 0.717) is 11.8 Å². The second-order valence-corrected chi connectivity index (χ2v) is 5.42. The third kappa shape index (κ3) is 4.41. The molecule has 21 heavy (non-hydrogen) atoms. The quantitative estimate of drug-likeness (QED) is 0.541. The van der Waals surface area contributed by atoms with Gasteiger partial charge in [0.2, 0.25) is 0 Å². The van der Waals surface area contributed by atoms with E-state index in [1.807, 2.05) is 12.1 Å². The van der Waals surface area contributed by atoms with Crippen molar-refractivity contribution >= 4 is 22.4 Å². The summed E-state index contributed by atoms with van der Waals surface area (Å²) >= 11 is 5.58. The van der Waals surface area contributed by atoms with Gasteiger partial charge in [0.1, 0.15) is 5.75 Å². The zero-order valence-corrected chi connectivity index (χ0v) is 13.4. The summed E-state index contributed by atoms with van der Waals surface area (Å²) in [6, 6.07) is 12.4. The summed E-state index contributed by atoms with van der Waals surface area (Å²) in [5, 5.41) is 2.35. The van der Waals surface area contributed by atoms with Crippen LogP contribution in [0.2, 0.25) is 0 Å². The van der Waals surface area contributed by atoms with Gasteiger partial charge < -0.3 is 4.74 Å². The Bertz CT molecular complexity index is 647. The number of hydrogen-bond acceptors (Lipinski definition) is 1. The van der Waals surface area contributed by atoms with Gasteiger partial charge in [-0.25, -0.2) is 0 Å². The molecule has 2 rings (SSSR count). The highest BCUT2D eigenvalue weighted by molar-refractivity contribution is 6.19. The van der Waals surface area contributed by atoms with Crippen molar-refractivity contribution in [2.75, 3.05) is 12.5 Å². The van der Waals surface area contributed by atoms with Gasteiger partial charge in [-0.2, -0.15) is 0 Å². The van der Waals surface area contributed by atoms with Crippen molar-refractivity contribution in [3.63, 3.8) is 0 Å². The molecule has 2 aromatic rings. The Kier molecular flexibility index (Phi) is 5.96. The zero-order valence-electron chi connectivity index (χ0n) is 12.7.